The number of amides is 2. The van der Waals surface area contributed by atoms with E-state index in [1.165, 1.54) is 11.8 Å². The Labute approximate surface area is 192 Å². The highest BCUT2D eigenvalue weighted by atomic mass is 35.5. The van der Waals surface area contributed by atoms with Crippen LogP contribution in [0.5, 0.6) is 5.75 Å². The lowest BCUT2D eigenvalue weighted by Gasteiger charge is -2.27. The summed E-state index contributed by atoms with van der Waals surface area (Å²) in [5.41, 5.74) is -0.474. The number of hydrogen-bond acceptors (Lipinski definition) is 5. The van der Waals surface area contributed by atoms with Gasteiger partial charge in [0.15, 0.2) is 11.6 Å². The number of nitrogens with one attached hydrogen (secondary N) is 2. The van der Waals surface area contributed by atoms with E-state index < -0.39 is 41.1 Å². The van der Waals surface area contributed by atoms with Gasteiger partial charge in [-0.2, -0.15) is 0 Å². The zero-order valence-electron chi connectivity index (χ0n) is 17.0. The molecule has 0 saturated heterocycles. The van der Waals surface area contributed by atoms with Crippen LogP contribution in [0.3, 0.4) is 0 Å². The van der Waals surface area contributed by atoms with Crippen molar-refractivity contribution in [2.45, 2.75) is 43.5 Å². The van der Waals surface area contributed by atoms with Gasteiger partial charge in [0, 0.05) is 19.2 Å². The molecule has 11 heteroatoms. The van der Waals surface area contributed by atoms with Gasteiger partial charge in [0.1, 0.15) is 5.82 Å². The Balaban J connectivity index is 1.47. The fourth-order valence-electron chi connectivity index (χ4n) is 3.56. The average Bonchev–Trinajstić information content (AvgIpc) is 3.20. The van der Waals surface area contributed by atoms with Crippen LogP contribution < -0.4 is 15.4 Å². The van der Waals surface area contributed by atoms with Gasteiger partial charge >= 0.3 is 5.97 Å². The molecule has 1 fully saturated rings. The molecular weight excluding hydrogens is 466 g/mol. The predicted molar refractivity (Wildman–Crippen MR) is 116 cm³/mol. The van der Waals surface area contributed by atoms with Crippen molar-refractivity contribution in [1.29, 1.82) is 0 Å². The van der Waals surface area contributed by atoms with Gasteiger partial charge in [0.05, 0.1) is 27.2 Å². The average molecular weight is 489 g/mol. The Morgan fingerprint density at radius 2 is 1.78 bits per heavy atom. The van der Waals surface area contributed by atoms with Gasteiger partial charge < -0.3 is 20.5 Å². The molecule has 1 aromatic carbocycles. The van der Waals surface area contributed by atoms with Crippen molar-refractivity contribution in [2.75, 3.05) is 13.1 Å². The summed E-state index contributed by atoms with van der Waals surface area (Å²) in [6.45, 7) is 0.165. The second kappa shape index (κ2) is 11.0. The largest absolute Gasteiger partial charge is 0.487 e. The Morgan fingerprint density at radius 1 is 1.09 bits per heavy atom. The van der Waals surface area contributed by atoms with E-state index in [2.05, 4.69) is 10.6 Å². The molecular formula is C21H23ClF2N2O5S. The molecule has 0 bridgehead atoms. The molecule has 1 saturated carbocycles. The summed E-state index contributed by atoms with van der Waals surface area (Å²) < 4.78 is 34.9. The van der Waals surface area contributed by atoms with Gasteiger partial charge in [-0.3, -0.25) is 14.4 Å². The zero-order chi connectivity index (χ0) is 23.3. The number of allylic oxidation sites excluding steroid dienone is 1. The van der Waals surface area contributed by atoms with Crippen molar-refractivity contribution in [3.63, 3.8) is 0 Å². The first-order chi connectivity index (χ1) is 15.2. The van der Waals surface area contributed by atoms with Gasteiger partial charge in [-0.15, -0.1) is 11.8 Å². The third kappa shape index (κ3) is 6.35. The second-order valence-electron chi connectivity index (χ2n) is 7.59. The summed E-state index contributed by atoms with van der Waals surface area (Å²) in [6, 6.07) is 1.59. The van der Waals surface area contributed by atoms with E-state index in [4.69, 9.17) is 21.4 Å². The number of rotatable bonds is 8. The van der Waals surface area contributed by atoms with E-state index in [1.807, 2.05) is 0 Å². The molecule has 2 aliphatic rings. The molecule has 0 radical (unpaired) electrons. The number of aliphatic carboxylic acids is 1. The molecule has 0 aromatic heterocycles. The van der Waals surface area contributed by atoms with Crippen molar-refractivity contribution in [2.24, 2.45) is 5.92 Å². The Morgan fingerprint density at radius 3 is 2.41 bits per heavy atom. The molecule has 7 nitrogen and oxygen atoms in total. The molecule has 32 heavy (non-hydrogen) atoms. The molecule has 1 aliphatic heterocycles. The number of carboxylic acid groups (broad SMARTS) is 1. The van der Waals surface area contributed by atoms with Crippen LogP contribution in [0.2, 0.25) is 0 Å². The number of benzene rings is 1. The maximum absolute atomic E-state index is 14.4. The standard InChI is InChI=1S/C21H23ClF2N2O5S/c22-18-6-5-17(32-18)20(28)26-8-7-25-19(27)13-9-15(24)16(10-14(13)23)31-12-3-1-11(2-4-12)21(29)30/h6,9-12,17H,1-5,7-8H2,(H,25,27)(H,26,28)(H,29,30)/t11-,12+,17?. The van der Waals surface area contributed by atoms with Gasteiger partial charge in [-0.25, -0.2) is 8.78 Å². The van der Waals surface area contributed by atoms with Crippen LogP contribution in [0, 0.1) is 17.6 Å². The first-order valence-corrected chi connectivity index (χ1v) is 11.5. The second-order valence-corrected chi connectivity index (χ2v) is 9.47. The van der Waals surface area contributed by atoms with E-state index in [0.29, 0.717) is 36.5 Å². The van der Waals surface area contributed by atoms with Crippen LogP contribution >= 0.6 is 23.4 Å². The number of hydrogen-bond donors (Lipinski definition) is 3. The Bertz CT molecular complexity index is 922. The molecule has 1 aliphatic carbocycles. The lowest BCUT2D eigenvalue weighted by atomic mass is 9.87. The van der Waals surface area contributed by atoms with Crippen molar-refractivity contribution in [3.8, 4) is 5.75 Å². The van der Waals surface area contributed by atoms with Crippen molar-refractivity contribution < 1.29 is 33.0 Å². The highest BCUT2D eigenvalue weighted by Gasteiger charge is 2.28. The lowest BCUT2D eigenvalue weighted by Crippen LogP contribution is -2.38. The van der Waals surface area contributed by atoms with Crippen LogP contribution in [-0.2, 0) is 9.59 Å². The van der Waals surface area contributed by atoms with Crippen LogP contribution in [0.4, 0.5) is 8.78 Å². The van der Waals surface area contributed by atoms with Gasteiger partial charge in [0.2, 0.25) is 5.91 Å². The number of carbonyl (C=O) groups excluding carboxylic acids is 2. The molecule has 1 atom stereocenters. The number of thioether (sulfide) groups is 1. The van der Waals surface area contributed by atoms with Gasteiger partial charge in [-0.1, -0.05) is 17.7 Å². The maximum atomic E-state index is 14.4. The molecule has 2 amide bonds. The van der Waals surface area contributed by atoms with Crippen LogP contribution in [0.25, 0.3) is 0 Å². The summed E-state index contributed by atoms with van der Waals surface area (Å²) in [4.78, 5) is 35.2. The van der Waals surface area contributed by atoms with Gasteiger partial charge in [0.25, 0.3) is 5.91 Å². The fraction of sp³-hybridized carbons (Fsp3) is 0.476. The van der Waals surface area contributed by atoms with Crippen LogP contribution in [-0.4, -0.2) is 47.3 Å². The highest BCUT2D eigenvalue weighted by molar-refractivity contribution is 8.06. The smallest absolute Gasteiger partial charge is 0.306 e. The van der Waals surface area contributed by atoms with Crippen LogP contribution in [0.15, 0.2) is 22.6 Å². The van der Waals surface area contributed by atoms with E-state index in [1.54, 1.807) is 6.08 Å². The molecule has 1 heterocycles. The Kier molecular flexibility index (Phi) is 8.36. The topological polar surface area (TPSA) is 105 Å². The zero-order valence-corrected chi connectivity index (χ0v) is 18.6. The van der Waals surface area contributed by atoms with E-state index in [9.17, 15) is 23.2 Å². The fourth-order valence-corrected chi connectivity index (χ4v) is 4.82. The summed E-state index contributed by atoms with van der Waals surface area (Å²) in [7, 11) is 0. The molecule has 0 spiro atoms. The summed E-state index contributed by atoms with van der Waals surface area (Å²) in [5, 5.41) is 13.8. The molecule has 3 N–H and O–H groups in total. The number of halogens is 3. The monoisotopic (exact) mass is 488 g/mol. The SMILES string of the molecule is O=C(NCCNC(=O)C1CC=C(Cl)S1)c1cc(F)c(O[C@H]2CC[C@@H](C(=O)O)CC2)cc1F. The molecule has 174 valence electrons. The third-order valence-corrected chi connectivity index (χ3v) is 6.84. The Hall–Kier alpha value is -2.33. The summed E-state index contributed by atoms with van der Waals surface area (Å²) in [6.07, 6.45) is 3.53. The van der Waals surface area contributed by atoms with Crippen molar-refractivity contribution >= 4 is 41.1 Å². The normalized spacial score (nSPS) is 22.7. The third-order valence-electron chi connectivity index (χ3n) is 5.33. The van der Waals surface area contributed by atoms with Crippen molar-refractivity contribution in [1.82, 2.24) is 10.6 Å². The quantitative estimate of drug-likeness (QED) is 0.484. The minimum absolute atomic E-state index is 0.0370. The number of carbonyl (C=O) groups is 3. The van der Waals surface area contributed by atoms with Crippen LogP contribution in [0.1, 0.15) is 42.5 Å². The lowest BCUT2D eigenvalue weighted by molar-refractivity contribution is -0.143. The predicted octanol–water partition coefficient (Wildman–Crippen LogP) is 3.42. The van der Waals surface area contributed by atoms with E-state index in [0.717, 1.165) is 12.1 Å². The number of ether oxygens (including phenoxy) is 1. The minimum Gasteiger partial charge on any atom is -0.487 e. The van der Waals surface area contributed by atoms with Gasteiger partial charge in [-0.05, 0) is 38.2 Å². The molecule has 1 aromatic rings. The molecule has 3 rings (SSSR count). The van der Waals surface area contributed by atoms with Crippen molar-refractivity contribution in [3.05, 3.63) is 39.8 Å². The highest BCUT2D eigenvalue weighted by Crippen LogP contribution is 2.34. The first-order valence-electron chi connectivity index (χ1n) is 10.2. The summed E-state index contributed by atoms with van der Waals surface area (Å²) in [5.74, 6) is -4.48. The van der Waals surface area contributed by atoms with E-state index in [-0.39, 0.29) is 30.0 Å². The maximum Gasteiger partial charge on any atom is 0.306 e. The van der Waals surface area contributed by atoms with E-state index >= 15 is 0 Å². The first kappa shape index (κ1) is 24.3. The molecule has 1 unspecified atom stereocenters. The minimum atomic E-state index is -0.940. The number of carboxylic acids is 1. The summed E-state index contributed by atoms with van der Waals surface area (Å²) >= 11 is 7.07.